The molecule has 0 fully saturated rings. The number of oxazole rings is 1. The lowest BCUT2D eigenvalue weighted by molar-refractivity contribution is 0.223. The molecule has 2 N–H and O–H groups in total. The highest BCUT2D eigenvalue weighted by molar-refractivity contribution is 5.79. The Morgan fingerprint density at radius 3 is 2.72 bits per heavy atom. The molecule has 1 aromatic heterocycles. The zero-order valence-electron chi connectivity index (χ0n) is 15.7. The van der Waals surface area contributed by atoms with E-state index in [4.69, 9.17) is 9.15 Å². The van der Waals surface area contributed by atoms with Crippen LogP contribution in [0.3, 0.4) is 0 Å². The minimum absolute atomic E-state index is 0.0110. The first-order valence-electron chi connectivity index (χ1n) is 8.66. The molecule has 0 aliphatic heterocycles. The van der Waals surface area contributed by atoms with E-state index in [1.54, 1.807) is 0 Å². The van der Waals surface area contributed by atoms with Crippen molar-refractivity contribution >= 4 is 5.96 Å². The van der Waals surface area contributed by atoms with Crippen LogP contribution in [0.15, 0.2) is 33.7 Å². The number of ether oxygens (including phenoxy) is 1. The number of nitrogens with zero attached hydrogens (tertiary/aromatic N) is 2. The Hall–Kier alpha value is -2.50. The fourth-order valence-electron chi connectivity index (χ4n) is 2.30. The first-order valence-corrected chi connectivity index (χ1v) is 8.66. The van der Waals surface area contributed by atoms with Crippen molar-refractivity contribution in [3.63, 3.8) is 0 Å². The van der Waals surface area contributed by atoms with Crippen molar-refractivity contribution in [1.29, 1.82) is 0 Å². The maximum absolute atomic E-state index is 5.93. The van der Waals surface area contributed by atoms with E-state index in [1.807, 2.05) is 45.9 Å². The predicted molar refractivity (Wildman–Crippen MR) is 100 cm³/mol. The average Bonchev–Trinajstić information content (AvgIpc) is 2.88. The highest BCUT2D eigenvalue weighted by atomic mass is 16.5. The summed E-state index contributed by atoms with van der Waals surface area (Å²) in [7, 11) is 0. The topological polar surface area (TPSA) is 71.7 Å². The van der Waals surface area contributed by atoms with Crippen molar-refractivity contribution < 1.29 is 9.15 Å². The molecule has 1 atom stereocenters. The molecule has 0 bridgehead atoms. The molecule has 0 aliphatic rings. The van der Waals surface area contributed by atoms with Crippen LogP contribution < -0.4 is 15.4 Å². The monoisotopic (exact) mass is 344 g/mol. The number of aryl methyl sites for hydroxylation is 3. The van der Waals surface area contributed by atoms with Crippen molar-refractivity contribution in [2.24, 2.45) is 4.99 Å². The van der Waals surface area contributed by atoms with Gasteiger partial charge in [0.05, 0.1) is 12.2 Å². The van der Waals surface area contributed by atoms with Crippen LogP contribution in [0.4, 0.5) is 0 Å². The Morgan fingerprint density at radius 2 is 2.08 bits per heavy atom. The molecule has 1 heterocycles. The van der Waals surface area contributed by atoms with Crippen LogP contribution in [0.5, 0.6) is 5.75 Å². The van der Waals surface area contributed by atoms with Gasteiger partial charge in [0.25, 0.3) is 0 Å². The number of guanidine groups is 1. The third kappa shape index (κ3) is 6.14. The van der Waals surface area contributed by atoms with E-state index < -0.39 is 0 Å². The maximum atomic E-state index is 5.93. The Morgan fingerprint density at radius 1 is 1.28 bits per heavy atom. The summed E-state index contributed by atoms with van der Waals surface area (Å²) in [6.45, 7) is 11.8. The van der Waals surface area contributed by atoms with Crippen LogP contribution in [0.2, 0.25) is 0 Å². The Kier molecular flexibility index (Phi) is 6.86. The number of rotatable bonds is 7. The number of nitrogens with one attached hydrogen (secondary N) is 2. The Labute approximate surface area is 149 Å². The quantitative estimate of drug-likeness (QED) is 0.596. The first-order chi connectivity index (χ1) is 12.0. The summed E-state index contributed by atoms with van der Waals surface area (Å²) in [5.74, 6) is 3.05. The predicted octanol–water partition coefficient (Wildman–Crippen LogP) is 3.12. The molecule has 6 heteroatoms. The molecule has 136 valence electrons. The Balaban J connectivity index is 1.88. The second-order valence-corrected chi connectivity index (χ2v) is 6.07. The van der Waals surface area contributed by atoms with Crippen molar-refractivity contribution in [2.75, 3.05) is 13.1 Å². The number of benzene rings is 1. The number of hydrogen-bond donors (Lipinski definition) is 2. The van der Waals surface area contributed by atoms with E-state index in [0.29, 0.717) is 19.0 Å². The molecule has 2 rings (SSSR count). The number of aliphatic imine (C=N–C) groups is 1. The van der Waals surface area contributed by atoms with Gasteiger partial charge in [-0.25, -0.2) is 9.98 Å². The van der Waals surface area contributed by atoms with Gasteiger partial charge in [0.15, 0.2) is 5.96 Å². The van der Waals surface area contributed by atoms with Crippen LogP contribution in [-0.4, -0.2) is 30.1 Å². The fraction of sp³-hybridized carbons (Fsp3) is 0.474. The summed E-state index contributed by atoms with van der Waals surface area (Å²) < 4.78 is 11.5. The second-order valence-electron chi connectivity index (χ2n) is 6.07. The largest absolute Gasteiger partial charge is 0.489 e. The van der Waals surface area contributed by atoms with E-state index in [-0.39, 0.29) is 6.10 Å². The lowest BCUT2D eigenvalue weighted by Crippen LogP contribution is -2.41. The SMILES string of the molecule is CCNC(=NCc1nc(C)c(C)o1)NCC(C)Oc1cccc(C)c1. The van der Waals surface area contributed by atoms with Gasteiger partial charge in [0.1, 0.15) is 24.2 Å². The van der Waals surface area contributed by atoms with Gasteiger partial charge in [-0.2, -0.15) is 0 Å². The maximum Gasteiger partial charge on any atom is 0.216 e. The second kappa shape index (κ2) is 9.11. The van der Waals surface area contributed by atoms with Gasteiger partial charge >= 0.3 is 0 Å². The molecule has 0 saturated heterocycles. The van der Waals surface area contributed by atoms with Gasteiger partial charge in [-0.3, -0.25) is 0 Å². The summed E-state index contributed by atoms with van der Waals surface area (Å²) in [5.41, 5.74) is 2.09. The van der Waals surface area contributed by atoms with E-state index >= 15 is 0 Å². The van der Waals surface area contributed by atoms with Crippen molar-refractivity contribution in [3.05, 3.63) is 47.2 Å². The van der Waals surface area contributed by atoms with E-state index in [9.17, 15) is 0 Å². The highest BCUT2D eigenvalue weighted by Gasteiger charge is 2.08. The molecule has 1 aromatic carbocycles. The lowest BCUT2D eigenvalue weighted by Gasteiger charge is -2.17. The third-order valence-corrected chi connectivity index (χ3v) is 3.67. The summed E-state index contributed by atoms with van der Waals surface area (Å²) in [6, 6.07) is 8.05. The molecule has 2 aromatic rings. The standard InChI is InChI=1S/C19H28N4O2/c1-6-20-19(22-12-18-23-15(4)16(5)25-18)21-11-14(3)24-17-9-7-8-13(2)10-17/h7-10,14H,6,11-12H2,1-5H3,(H2,20,21,22). The molecule has 6 nitrogen and oxygen atoms in total. The zero-order chi connectivity index (χ0) is 18.2. The van der Waals surface area contributed by atoms with Crippen LogP contribution in [-0.2, 0) is 6.54 Å². The minimum atomic E-state index is 0.0110. The summed E-state index contributed by atoms with van der Waals surface area (Å²) >= 11 is 0. The molecule has 0 spiro atoms. The summed E-state index contributed by atoms with van der Waals surface area (Å²) in [4.78, 5) is 8.86. The van der Waals surface area contributed by atoms with Gasteiger partial charge < -0.3 is 19.8 Å². The molecule has 1 unspecified atom stereocenters. The highest BCUT2D eigenvalue weighted by Crippen LogP contribution is 2.14. The summed E-state index contributed by atoms with van der Waals surface area (Å²) in [5, 5.41) is 6.51. The lowest BCUT2D eigenvalue weighted by atomic mass is 10.2. The van der Waals surface area contributed by atoms with E-state index in [1.165, 1.54) is 5.56 Å². The van der Waals surface area contributed by atoms with Gasteiger partial charge in [0.2, 0.25) is 5.89 Å². The molecule has 0 saturated carbocycles. The van der Waals surface area contributed by atoms with Crippen LogP contribution in [0.1, 0.15) is 36.8 Å². The van der Waals surface area contributed by atoms with Crippen LogP contribution in [0, 0.1) is 20.8 Å². The average molecular weight is 344 g/mol. The van der Waals surface area contributed by atoms with Gasteiger partial charge in [-0.05, 0) is 52.3 Å². The molecular formula is C19H28N4O2. The molecule has 25 heavy (non-hydrogen) atoms. The third-order valence-electron chi connectivity index (χ3n) is 3.67. The number of hydrogen-bond acceptors (Lipinski definition) is 4. The molecule has 0 amide bonds. The zero-order valence-corrected chi connectivity index (χ0v) is 15.7. The smallest absolute Gasteiger partial charge is 0.216 e. The van der Waals surface area contributed by atoms with Crippen LogP contribution >= 0.6 is 0 Å². The normalized spacial score (nSPS) is 12.8. The van der Waals surface area contributed by atoms with Crippen molar-refractivity contribution in [2.45, 2.75) is 47.3 Å². The van der Waals surface area contributed by atoms with Crippen molar-refractivity contribution in [3.8, 4) is 5.75 Å². The Bertz CT molecular complexity index is 690. The number of aromatic nitrogens is 1. The van der Waals surface area contributed by atoms with E-state index in [2.05, 4.69) is 33.6 Å². The van der Waals surface area contributed by atoms with E-state index in [0.717, 1.165) is 29.7 Å². The van der Waals surface area contributed by atoms with Crippen LogP contribution in [0.25, 0.3) is 0 Å². The molecule has 0 radical (unpaired) electrons. The molecule has 0 aliphatic carbocycles. The fourth-order valence-corrected chi connectivity index (χ4v) is 2.30. The first kappa shape index (κ1) is 18.8. The minimum Gasteiger partial charge on any atom is -0.489 e. The van der Waals surface area contributed by atoms with Gasteiger partial charge in [-0.1, -0.05) is 12.1 Å². The van der Waals surface area contributed by atoms with Gasteiger partial charge in [0, 0.05) is 6.54 Å². The van der Waals surface area contributed by atoms with Gasteiger partial charge in [-0.15, -0.1) is 0 Å². The summed E-state index contributed by atoms with van der Waals surface area (Å²) in [6.07, 6.45) is 0.0110. The van der Waals surface area contributed by atoms with Crippen molar-refractivity contribution in [1.82, 2.24) is 15.6 Å². The molecular weight excluding hydrogens is 316 g/mol.